The van der Waals surface area contributed by atoms with E-state index in [2.05, 4.69) is 5.32 Å². The first kappa shape index (κ1) is 13.5. The zero-order valence-corrected chi connectivity index (χ0v) is 10.6. The number of nitrogens with one attached hydrogen (secondary N) is 1. The minimum atomic E-state index is -0.807. The highest BCUT2D eigenvalue weighted by molar-refractivity contribution is 5.85. The number of methoxy groups -OCH3 is 1. The van der Waals surface area contributed by atoms with Gasteiger partial charge in [-0.05, 0) is 31.0 Å². The number of nitrogens with two attached hydrogens (primary N) is 1. The molecule has 0 aliphatic carbocycles. The lowest BCUT2D eigenvalue weighted by Gasteiger charge is -2.21. The second-order valence-corrected chi connectivity index (χ2v) is 4.31. The van der Waals surface area contributed by atoms with E-state index in [1.165, 1.54) is 0 Å². The summed E-state index contributed by atoms with van der Waals surface area (Å²) >= 11 is 0. The van der Waals surface area contributed by atoms with Crippen molar-refractivity contribution in [3.8, 4) is 5.75 Å². The Hall–Kier alpha value is -1.55. The van der Waals surface area contributed by atoms with Crippen molar-refractivity contribution in [1.82, 2.24) is 5.32 Å². The molecule has 4 nitrogen and oxygen atoms in total. The summed E-state index contributed by atoms with van der Waals surface area (Å²) in [7, 11) is 1.62. The van der Waals surface area contributed by atoms with Crippen molar-refractivity contribution < 1.29 is 9.53 Å². The standard InChI is InChI=1S/C13H20N2O2/c1-4-13(2,14)12(16)15-9-10-6-5-7-11(8-10)17-3/h5-8H,4,9,14H2,1-3H3,(H,15,16). The summed E-state index contributed by atoms with van der Waals surface area (Å²) in [6, 6.07) is 7.58. The lowest BCUT2D eigenvalue weighted by molar-refractivity contribution is -0.126. The molecule has 0 bridgehead atoms. The molecule has 0 fully saturated rings. The van der Waals surface area contributed by atoms with Gasteiger partial charge < -0.3 is 15.8 Å². The average molecular weight is 236 g/mol. The van der Waals surface area contributed by atoms with Gasteiger partial charge in [0, 0.05) is 6.54 Å². The molecule has 17 heavy (non-hydrogen) atoms. The van der Waals surface area contributed by atoms with E-state index >= 15 is 0 Å². The Morgan fingerprint density at radius 1 is 1.53 bits per heavy atom. The van der Waals surface area contributed by atoms with Crippen LogP contribution in [-0.4, -0.2) is 18.6 Å². The molecule has 0 heterocycles. The van der Waals surface area contributed by atoms with Gasteiger partial charge in [0.05, 0.1) is 12.6 Å². The fourth-order valence-corrected chi connectivity index (χ4v) is 1.33. The van der Waals surface area contributed by atoms with E-state index in [9.17, 15) is 4.79 Å². The first-order chi connectivity index (χ1) is 7.99. The number of benzene rings is 1. The fraction of sp³-hybridized carbons (Fsp3) is 0.462. The van der Waals surface area contributed by atoms with E-state index in [1.807, 2.05) is 31.2 Å². The van der Waals surface area contributed by atoms with Gasteiger partial charge in [0.1, 0.15) is 5.75 Å². The SMILES string of the molecule is CCC(C)(N)C(=O)NCc1cccc(OC)c1. The van der Waals surface area contributed by atoms with Gasteiger partial charge in [-0.25, -0.2) is 0 Å². The van der Waals surface area contributed by atoms with Crippen molar-refractivity contribution in [3.05, 3.63) is 29.8 Å². The highest BCUT2D eigenvalue weighted by atomic mass is 16.5. The fourth-order valence-electron chi connectivity index (χ4n) is 1.33. The van der Waals surface area contributed by atoms with Crippen LogP contribution in [0.25, 0.3) is 0 Å². The van der Waals surface area contributed by atoms with Crippen LogP contribution in [0.4, 0.5) is 0 Å². The normalized spacial score (nSPS) is 13.9. The smallest absolute Gasteiger partial charge is 0.240 e. The van der Waals surface area contributed by atoms with Crippen molar-refractivity contribution in [2.24, 2.45) is 5.73 Å². The molecule has 0 aliphatic heterocycles. The van der Waals surface area contributed by atoms with Gasteiger partial charge in [-0.1, -0.05) is 19.1 Å². The monoisotopic (exact) mass is 236 g/mol. The molecule has 4 heteroatoms. The van der Waals surface area contributed by atoms with Gasteiger partial charge in [0.15, 0.2) is 0 Å². The van der Waals surface area contributed by atoms with Crippen LogP contribution in [0.2, 0.25) is 0 Å². The zero-order chi connectivity index (χ0) is 12.9. The van der Waals surface area contributed by atoms with E-state index in [4.69, 9.17) is 10.5 Å². The predicted octanol–water partition coefficient (Wildman–Crippen LogP) is 1.44. The van der Waals surface area contributed by atoms with E-state index in [0.717, 1.165) is 11.3 Å². The van der Waals surface area contributed by atoms with Gasteiger partial charge in [0.25, 0.3) is 0 Å². The van der Waals surface area contributed by atoms with Gasteiger partial charge in [-0.15, -0.1) is 0 Å². The van der Waals surface area contributed by atoms with Gasteiger partial charge in [-0.2, -0.15) is 0 Å². The molecular weight excluding hydrogens is 216 g/mol. The molecule has 0 spiro atoms. The maximum Gasteiger partial charge on any atom is 0.240 e. The maximum atomic E-state index is 11.8. The lowest BCUT2D eigenvalue weighted by atomic mass is 9.99. The van der Waals surface area contributed by atoms with Crippen molar-refractivity contribution in [1.29, 1.82) is 0 Å². The average Bonchev–Trinajstić information content (AvgIpc) is 2.36. The maximum absolute atomic E-state index is 11.8. The molecule has 3 N–H and O–H groups in total. The number of hydrogen-bond donors (Lipinski definition) is 2. The summed E-state index contributed by atoms with van der Waals surface area (Å²) in [5.41, 5.74) is 6.03. The van der Waals surface area contributed by atoms with Crippen molar-refractivity contribution in [2.75, 3.05) is 7.11 Å². The number of rotatable bonds is 5. The first-order valence-corrected chi connectivity index (χ1v) is 5.69. The minimum absolute atomic E-state index is 0.136. The second kappa shape index (κ2) is 5.68. The Labute approximate surface area is 102 Å². The third-order valence-corrected chi connectivity index (χ3v) is 2.84. The van der Waals surface area contributed by atoms with Crippen LogP contribution in [0.3, 0.4) is 0 Å². The van der Waals surface area contributed by atoms with Gasteiger partial charge in [0.2, 0.25) is 5.91 Å². The second-order valence-electron chi connectivity index (χ2n) is 4.31. The van der Waals surface area contributed by atoms with Crippen molar-refractivity contribution in [2.45, 2.75) is 32.4 Å². The van der Waals surface area contributed by atoms with Crippen LogP contribution in [0.1, 0.15) is 25.8 Å². The molecule has 1 atom stereocenters. The van der Waals surface area contributed by atoms with Crippen LogP contribution in [0.5, 0.6) is 5.75 Å². The molecule has 0 radical (unpaired) electrons. The Balaban J connectivity index is 2.58. The quantitative estimate of drug-likeness (QED) is 0.813. The van der Waals surface area contributed by atoms with Gasteiger partial charge in [-0.3, -0.25) is 4.79 Å². The highest BCUT2D eigenvalue weighted by Crippen LogP contribution is 2.12. The van der Waals surface area contributed by atoms with Crippen LogP contribution >= 0.6 is 0 Å². The zero-order valence-electron chi connectivity index (χ0n) is 10.6. The molecule has 94 valence electrons. The number of carbonyl (C=O) groups is 1. The van der Waals surface area contributed by atoms with E-state index < -0.39 is 5.54 Å². The molecule has 1 unspecified atom stereocenters. The molecule has 1 amide bonds. The third-order valence-electron chi connectivity index (χ3n) is 2.84. The summed E-state index contributed by atoms with van der Waals surface area (Å²) in [6.07, 6.45) is 0.608. The lowest BCUT2D eigenvalue weighted by Crippen LogP contribution is -2.50. The first-order valence-electron chi connectivity index (χ1n) is 5.69. The van der Waals surface area contributed by atoms with Gasteiger partial charge >= 0.3 is 0 Å². The van der Waals surface area contributed by atoms with Crippen LogP contribution in [0, 0.1) is 0 Å². The molecule has 1 aromatic rings. The highest BCUT2D eigenvalue weighted by Gasteiger charge is 2.25. The number of ether oxygens (including phenoxy) is 1. The Morgan fingerprint density at radius 3 is 2.82 bits per heavy atom. The van der Waals surface area contributed by atoms with Crippen molar-refractivity contribution >= 4 is 5.91 Å². The summed E-state index contributed by atoms with van der Waals surface area (Å²) in [5, 5.41) is 2.82. The molecule has 1 rings (SSSR count). The van der Waals surface area contributed by atoms with E-state index in [0.29, 0.717) is 13.0 Å². The molecular formula is C13H20N2O2. The number of carbonyl (C=O) groups excluding carboxylic acids is 1. The number of amides is 1. The molecule has 1 aromatic carbocycles. The van der Waals surface area contributed by atoms with Crippen LogP contribution < -0.4 is 15.8 Å². The molecule has 0 aromatic heterocycles. The topological polar surface area (TPSA) is 64.4 Å². The number of hydrogen-bond acceptors (Lipinski definition) is 3. The summed E-state index contributed by atoms with van der Waals surface area (Å²) in [4.78, 5) is 11.8. The Morgan fingerprint density at radius 2 is 2.24 bits per heavy atom. The molecule has 0 saturated heterocycles. The molecule has 0 aliphatic rings. The minimum Gasteiger partial charge on any atom is -0.497 e. The van der Waals surface area contributed by atoms with Crippen LogP contribution in [0.15, 0.2) is 24.3 Å². The summed E-state index contributed by atoms with van der Waals surface area (Å²) in [5.74, 6) is 0.644. The summed E-state index contributed by atoms with van der Waals surface area (Å²) < 4.78 is 5.11. The summed E-state index contributed by atoms with van der Waals surface area (Å²) in [6.45, 7) is 4.09. The van der Waals surface area contributed by atoms with E-state index in [1.54, 1.807) is 14.0 Å². The Kier molecular flexibility index (Phi) is 4.52. The Bertz CT molecular complexity index is 389. The third kappa shape index (κ3) is 3.75. The predicted molar refractivity (Wildman–Crippen MR) is 67.7 cm³/mol. The van der Waals surface area contributed by atoms with E-state index in [-0.39, 0.29) is 5.91 Å². The largest absolute Gasteiger partial charge is 0.497 e. The molecule has 0 saturated carbocycles. The van der Waals surface area contributed by atoms with Crippen LogP contribution in [-0.2, 0) is 11.3 Å². The van der Waals surface area contributed by atoms with Crippen molar-refractivity contribution in [3.63, 3.8) is 0 Å².